The van der Waals surface area contributed by atoms with Gasteiger partial charge >= 0.3 is 0 Å². The second-order valence-electron chi connectivity index (χ2n) is 5.71. The Labute approximate surface area is 76.1 Å². The summed E-state index contributed by atoms with van der Waals surface area (Å²) in [5, 5.41) is 0. The molecule has 2 atom stereocenters. The van der Waals surface area contributed by atoms with Gasteiger partial charge in [0.2, 0.25) is 0 Å². The Bertz CT molecular complexity index is 197. The standard InChI is InChI=1S/C11H21N/c1-10(2)9-5-6-11(10,3)8-12(4)7-9/h9H,5-8H2,1-4H3. The Kier molecular flexibility index (Phi) is 1.61. The summed E-state index contributed by atoms with van der Waals surface area (Å²) in [6.45, 7) is 10.0. The first-order chi connectivity index (χ1) is 5.46. The number of nitrogens with zero attached hydrogens (tertiary/aromatic N) is 1. The van der Waals surface area contributed by atoms with Crippen LogP contribution in [-0.4, -0.2) is 25.0 Å². The van der Waals surface area contributed by atoms with E-state index >= 15 is 0 Å². The summed E-state index contributed by atoms with van der Waals surface area (Å²) in [6.07, 6.45) is 2.89. The van der Waals surface area contributed by atoms with Crippen LogP contribution in [0.25, 0.3) is 0 Å². The molecule has 0 aromatic carbocycles. The Morgan fingerprint density at radius 2 is 1.92 bits per heavy atom. The highest BCUT2D eigenvalue weighted by Crippen LogP contribution is 2.58. The molecule has 2 aliphatic rings. The van der Waals surface area contributed by atoms with E-state index < -0.39 is 0 Å². The van der Waals surface area contributed by atoms with Gasteiger partial charge in [0.05, 0.1) is 0 Å². The van der Waals surface area contributed by atoms with E-state index in [-0.39, 0.29) is 0 Å². The van der Waals surface area contributed by atoms with E-state index in [9.17, 15) is 0 Å². The molecule has 70 valence electrons. The van der Waals surface area contributed by atoms with Crippen LogP contribution in [0.15, 0.2) is 0 Å². The van der Waals surface area contributed by atoms with Gasteiger partial charge in [-0.05, 0) is 36.6 Å². The molecule has 0 aromatic rings. The number of hydrogen-bond donors (Lipinski definition) is 0. The molecule has 12 heavy (non-hydrogen) atoms. The number of likely N-dealkylation sites (tertiary alicyclic amines) is 1. The molecule has 2 rings (SSSR count). The molecule has 1 aliphatic heterocycles. The van der Waals surface area contributed by atoms with Crippen LogP contribution < -0.4 is 0 Å². The van der Waals surface area contributed by atoms with Crippen LogP contribution in [0, 0.1) is 16.7 Å². The molecule has 0 spiro atoms. The lowest BCUT2D eigenvalue weighted by Crippen LogP contribution is -2.50. The first-order valence-corrected chi connectivity index (χ1v) is 5.14. The lowest BCUT2D eigenvalue weighted by molar-refractivity contribution is -0.00623. The Morgan fingerprint density at radius 3 is 2.50 bits per heavy atom. The maximum Gasteiger partial charge on any atom is 0.00376 e. The maximum atomic E-state index is 2.52. The van der Waals surface area contributed by atoms with Gasteiger partial charge in [-0.15, -0.1) is 0 Å². The quantitative estimate of drug-likeness (QED) is 0.535. The van der Waals surface area contributed by atoms with Crippen LogP contribution in [0.2, 0.25) is 0 Å². The number of piperidine rings is 1. The van der Waals surface area contributed by atoms with Crippen molar-refractivity contribution in [3.8, 4) is 0 Å². The van der Waals surface area contributed by atoms with E-state index in [1.54, 1.807) is 0 Å². The van der Waals surface area contributed by atoms with E-state index in [1.807, 2.05) is 0 Å². The zero-order chi connectivity index (χ0) is 8.98. The largest absolute Gasteiger partial charge is 0.306 e. The van der Waals surface area contributed by atoms with Gasteiger partial charge in [-0.25, -0.2) is 0 Å². The molecule has 1 saturated carbocycles. The van der Waals surface area contributed by atoms with Crippen LogP contribution in [0.1, 0.15) is 33.6 Å². The molecular weight excluding hydrogens is 146 g/mol. The van der Waals surface area contributed by atoms with Crippen molar-refractivity contribution in [1.82, 2.24) is 4.90 Å². The van der Waals surface area contributed by atoms with Crippen molar-refractivity contribution in [1.29, 1.82) is 0 Å². The van der Waals surface area contributed by atoms with E-state index in [4.69, 9.17) is 0 Å². The van der Waals surface area contributed by atoms with E-state index in [1.165, 1.54) is 25.9 Å². The Hall–Kier alpha value is -0.0400. The third-order valence-corrected chi connectivity index (χ3v) is 4.77. The second kappa shape index (κ2) is 2.25. The molecular formula is C11H21N. The first-order valence-electron chi connectivity index (χ1n) is 5.14. The molecule has 0 amide bonds. The normalized spacial score (nSPS) is 46.5. The first kappa shape index (κ1) is 8.55. The van der Waals surface area contributed by atoms with Crippen LogP contribution >= 0.6 is 0 Å². The van der Waals surface area contributed by atoms with Crippen LogP contribution in [0.3, 0.4) is 0 Å². The average molecular weight is 167 g/mol. The van der Waals surface area contributed by atoms with Crippen molar-refractivity contribution in [3.63, 3.8) is 0 Å². The van der Waals surface area contributed by atoms with Crippen LogP contribution in [-0.2, 0) is 0 Å². The zero-order valence-electron chi connectivity index (χ0n) is 8.85. The molecule has 1 heterocycles. The molecule has 2 bridgehead atoms. The lowest BCUT2D eigenvalue weighted by Gasteiger charge is -2.49. The summed E-state index contributed by atoms with van der Waals surface area (Å²) in [5.74, 6) is 0.946. The molecule has 0 radical (unpaired) electrons. The number of hydrogen-bond acceptors (Lipinski definition) is 1. The third kappa shape index (κ3) is 0.891. The summed E-state index contributed by atoms with van der Waals surface area (Å²) in [7, 11) is 2.27. The molecule has 1 saturated heterocycles. The minimum Gasteiger partial charge on any atom is -0.306 e. The zero-order valence-corrected chi connectivity index (χ0v) is 8.85. The molecule has 1 heteroatoms. The summed E-state index contributed by atoms with van der Waals surface area (Å²) >= 11 is 0. The monoisotopic (exact) mass is 167 g/mol. The second-order valence-corrected chi connectivity index (χ2v) is 5.71. The molecule has 2 unspecified atom stereocenters. The van der Waals surface area contributed by atoms with E-state index in [0.29, 0.717) is 10.8 Å². The van der Waals surface area contributed by atoms with Crippen LogP contribution in [0.4, 0.5) is 0 Å². The maximum absolute atomic E-state index is 2.52. The summed E-state index contributed by atoms with van der Waals surface area (Å²) in [6, 6.07) is 0. The van der Waals surface area contributed by atoms with Crippen molar-refractivity contribution in [3.05, 3.63) is 0 Å². The predicted octanol–water partition coefficient (Wildman–Crippen LogP) is 2.37. The van der Waals surface area contributed by atoms with Crippen molar-refractivity contribution in [2.24, 2.45) is 16.7 Å². The van der Waals surface area contributed by atoms with Gasteiger partial charge in [-0.1, -0.05) is 20.8 Å². The molecule has 0 aromatic heterocycles. The van der Waals surface area contributed by atoms with Crippen molar-refractivity contribution in [2.45, 2.75) is 33.6 Å². The molecule has 2 fully saturated rings. The predicted molar refractivity (Wildman–Crippen MR) is 52.1 cm³/mol. The van der Waals surface area contributed by atoms with Gasteiger partial charge in [0.15, 0.2) is 0 Å². The van der Waals surface area contributed by atoms with Crippen molar-refractivity contribution < 1.29 is 0 Å². The third-order valence-electron chi connectivity index (χ3n) is 4.77. The van der Waals surface area contributed by atoms with Crippen molar-refractivity contribution >= 4 is 0 Å². The summed E-state index contributed by atoms with van der Waals surface area (Å²) in [5.41, 5.74) is 1.17. The SMILES string of the molecule is CN1CC2CCC(C)(C1)C2(C)C. The van der Waals surface area contributed by atoms with Crippen molar-refractivity contribution in [2.75, 3.05) is 20.1 Å². The highest BCUT2D eigenvalue weighted by molar-refractivity contribution is 5.05. The van der Waals surface area contributed by atoms with E-state index in [2.05, 4.69) is 32.7 Å². The van der Waals surface area contributed by atoms with Crippen LogP contribution in [0.5, 0.6) is 0 Å². The smallest absolute Gasteiger partial charge is 0.00376 e. The van der Waals surface area contributed by atoms with Gasteiger partial charge in [0.1, 0.15) is 0 Å². The fourth-order valence-electron chi connectivity index (χ4n) is 3.31. The fourth-order valence-corrected chi connectivity index (χ4v) is 3.31. The minimum atomic E-state index is 0.583. The Morgan fingerprint density at radius 1 is 1.25 bits per heavy atom. The topological polar surface area (TPSA) is 3.24 Å². The van der Waals surface area contributed by atoms with E-state index in [0.717, 1.165) is 5.92 Å². The molecule has 1 nitrogen and oxygen atoms in total. The Balaban J connectivity index is 2.31. The average Bonchev–Trinajstić information content (AvgIpc) is 2.16. The highest BCUT2D eigenvalue weighted by atomic mass is 15.1. The van der Waals surface area contributed by atoms with Gasteiger partial charge < -0.3 is 4.90 Å². The summed E-state index contributed by atoms with van der Waals surface area (Å²) in [4.78, 5) is 2.52. The number of fused-ring (bicyclic) bond motifs is 2. The molecule has 0 N–H and O–H groups in total. The van der Waals surface area contributed by atoms with Gasteiger partial charge in [-0.3, -0.25) is 0 Å². The highest BCUT2D eigenvalue weighted by Gasteiger charge is 2.54. The fraction of sp³-hybridized carbons (Fsp3) is 1.00. The van der Waals surface area contributed by atoms with Gasteiger partial charge in [0, 0.05) is 13.1 Å². The molecule has 1 aliphatic carbocycles. The minimum absolute atomic E-state index is 0.583. The van der Waals surface area contributed by atoms with Gasteiger partial charge in [-0.2, -0.15) is 0 Å². The summed E-state index contributed by atoms with van der Waals surface area (Å²) < 4.78 is 0. The number of rotatable bonds is 0. The lowest BCUT2D eigenvalue weighted by atomic mass is 9.63. The van der Waals surface area contributed by atoms with Gasteiger partial charge in [0.25, 0.3) is 0 Å².